The van der Waals surface area contributed by atoms with Crippen LogP contribution in [0.15, 0.2) is 36.9 Å². The molecule has 1 atom stereocenters. The van der Waals surface area contributed by atoms with Gasteiger partial charge in [-0.25, -0.2) is 15.0 Å². The molecular weight excluding hydrogens is 302 g/mol. The van der Waals surface area contributed by atoms with E-state index in [-0.39, 0.29) is 6.04 Å². The number of aromatic amines is 1. The van der Waals surface area contributed by atoms with Crippen LogP contribution >= 0.6 is 0 Å². The molecule has 0 spiro atoms. The largest absolute Gasteiger partial charge is 0.354 e. The Kier molecular flexibility index (Phi) is 3.50. The molecule has 3 aromatic rings. The molecule has 1 saturated heterocycles. The zero-order valence-electron chi connectivity index (χ0n) is 13.3. The smallest absolute Gasteiger partial charge is 0.146 e. The standard InChI is InChI=1S/C17H17N7/c1-23(16-12(9-18)3-2-6-20-16)13-5-8-24(10-13)17-14-4-7-19-15(14)21-11-22-17/h2-4,6-7,11,13H,5,8,10H2,1H3,(H,19,21,22). The van der Waals surface area contributed by atoms with Gasteiger partial charge >= 0.3 is 0 Å². The van der Waals surface area contributed by atoms with E-state index in [1.165, 1.54) is 0 Å². The molecule has 4 heterocycles. The lowest BCUT2D eigenvalue weighted by atomic mass is 10.2. The van der Waals surface area contributed by atoms with Crippen molar-refractivity contribution >= 4 is 22.7 Å². The molecule has 0 aromatic carbocycles. The minimum absolute atomic E-state index is 0.288. The van der Waals surface area contributed by atoms with Crippen LogP contribution in [0.25, 0.3) is 11.0 Å². The fourth-order valence-electron chi connectivity index (χ4n) is 3.30. The summed E-state index contributed by atoms with van der Waals surface area (Å²) in [6, 6.07) is 8.11. The number of fused-ring (bicyclic) bond motifs is 1. The van der Waals surface area contributed by atoms with Crippen molar-refractivity contribution in [3.05, 3.63) is 42.5 Å². The molecule has 0 amide bonds. The molecule has 1 N–H and O–H groups in total. The van der Waals surface area contributed by atoms with E-state index in [1.54, 1.807) is 24.7 Å². The topological polar surface area (TPSA) is 84.7 Å². The first-order valence-corrected chi connectivity index (χ1v) is 7.89. The van der Waals surface area contributed by atoms with E-state index in [2.05, 4.69) is 35.8 Å². The van der Waals surface area contributed by atoms with E-state index in [0.29, 0.717) is 5.56 Å². The normalized spacial score (nSPS) is 17.2. The summed E-state index contributed by atoms with van der Waals surface area (Å²) in [5.41, 5.74) is 1.46. The zero-order valence-corrected chi connectivity index (χ0v) is 13.3. The van der Waals surface area contributed by atoms with Gasteiger partial charge in [-0.1, -0.05) is 0 Å². The fraction of sp³-hybridized carbons (Fsp3) is 0.294. The maximum Gasteiger partial charge on any atom is 0.146 e. The van der Waals surface area contributed by atoms with Crippen molar-refractivity contribution in [2.45, 2.75) is 12.5 Å². The highest BCUT2D eigenvalue weighted by molar-refractivity contribution is 5.87. The van der Waals surface area contributed by atoms with E-state index in [0.717, 1.165) is 42.2 Å². The van der Waals surface area contributed by atoms with Crippen molar-refractivity contribution in [3.8, 4) is 6.07 Å². The third-order valence-corrected chi connectivity index (χ3v) is 4.58. The summed E-state index contributed by atoms with van der Waals surface area (Å²) in [7, 11) is 2.00. The molecule has 0 saturated carbocycles. The summed E-state index contributed by atoms with van der Waals surface area (Å²) in [6.07, 6.45) is 6.20. The number of nitriles is 1. The number of nitrogens with one attached hydrogen (secondary N) is 1. The Morgan fingerprint density at radius 2 is 2.25 bits per heavy atom. The molecule has 1 unspecified atom stereocenters. The van der Waals surface area contributed by atoms with Gasteiger partial charge in [-0.3, -0.25) is 0 Å². The molecule has 0 aliphatic carbocycles. The van der Waals surface area contributed by atoms with Crippen LogP contribution in [0, 0.1) is 11.3 Å². The molecule has 7 nitrogen and oxygen atoms in total. The number of H-pyrrole nitrogens is 1. The average Bonchev–Trinajstić information content (AvgIpc) is 3.30. The third-order valence-electron chi connectivity index (χ3n) is 4.58. The summed E-state index contributed by atoms with van der Waals surface area (Å²) < 4.78 is 0. The van der Waals surface area contributed by atoms with Crippen molar-refractivity contribution in [1.82, 2.24) is 19.9 Å². The SMILES string of the molecule is CN(c1ncccc1C#N)C1CCN(c2ncnc3[nH]ccc23)C1. The minimum atomic E-state index is 0.288. The minimum Gasteiger partial charge on any atom is -0.354 e. The Bertz CT molecular complexity index is 910. The Morgan fingerprint density at radius 3 is 3.12 bits per heavy atom. The zero-order chi connectivity index (χ0) is 16.5. The summed E-state index contributed by atoms with van der Waals surface area (Å²) in [4.78, 5) is 20.6. The highest BCUT2D eigenvalue weighted by Crippen LogP contribution is 2.28. The molecule has 0 radical (unpaired) electrons. The Balaban J connectivity index is 1.58. The molecule has 4 rings (SSSR count). The predicted octanol–water partition coefficient (Wildman–Crippen LogP) is 1.94. The molecule has 1 aliphatic rings. The van der Waals surface area contributed by atoms with Gasteiger partial charge in [0.1, 0.15) is 29.7 Å². The van der Waals surface area contributed by atoms with E-state index in [9.17, 15) is 5.26 Å². The molecule has 24 heavy (non-hydrogen) atoms. The van der Waals surface area contributed by atoms with E-state index < -0.39 is 0 Å². The second-order valence-electron chi connectivity index (χ2n) is 5.92. The van der Waals surface area contributed by atoms with Crippen LogP contribution < -0.4 is 9.80 Å². The molecule has 120 valence electrons. The number of likely N-dealkylation sites (N-methyl/N-ethyl adjacent to an activating group) is 1. The van der Waals surface area contributed by atoms with Gasteiger partial charge in [-0.05, 0) is 24.6 Å². The van der Waals surface area contributed by atoms with Crippen molar-refractivity contribution in [3.63, 3.8) is 0 Å². The van der Waals surface area contributed by atoms with Crippen LogP contribution in [0.1, 0.15) is 12.0 Å². The van der Waals surface area contributed by atoms with Gasteiger partial charge in [0.05, 0.1) is 10.9 Å². The van der Waals surface area contributed by atoms with Gasteiger partial charge in [0.15, 0.2) is 0 Å². The first-order chi connectivity index (χ1) is 11.8. The van der Waals surface area contributed by atoms with Crippen LogP contribution in [-0.4, -0.2) is 46.1 Å². The Hall–Kier alpha value is -3.14. The summed E-state index contributed by atoms with van der Waals surface area (Å²) in [5.74, 6) is 1.69. The maximum absolute atomic E-state index is 9.29. The predicted molar refractivity (Wildman–Crippen MR) is 91.9 cm³/mol. The summed E-state index contributed by atoms with van der Waals surface area (Å²) in [6.45, 7) is 1.76. The van der Waals surface area contributed by atoms with Gasteiger partial charge < -0.3 is 14.8 Å². The molecule has 0 bridgehead atoms. The second-order valence-corrected chi connectivity index (χ2v) is 5.92. The maximum atomic E-state index is 9.29. The highest BCUT2D eigenvalue weighted by Gasteiger charge is 2.29. The van der Waals surface area contributed by atoms with E-state index in [4.69, 9.17) is 0 Å². The number of hydrogen-bond donors (Lipinski definition) is 1. The second kappa shape index (κ2) is 5.81. The summed E-state index contributed by atoms with van der Waals surface area (Å²) >= 11 is 0. The molecule has 1 aliphatic heterocycles. The molecular formula is C17H17N7. The number of anilines is 2. The quantitative estimate of drug-likeness (QED) is 0.794. The van der Waals surface area contributed by atoms with Gasteiger partial charge in [0.2, 0.25) is 0 Å². The first-order valence-electron chi connectivity index (χ1n) is 7.89. The number of hydrogen-bond acceptors (Lipinski definition) is 6. The lowest BCUT2D eigenvalue weighted by Gasteiger charge is -2.26. The van der Waals surface area contributed by atoms with E-state index in [1.807, 2.05) is 19.3 Å². The van der Waals surface area contributed by atoms with Gasteiger partial charge in [0, 0.05) is 38.6 Å². The van der Waals surface area contributed by atoms with Crippen molar-refractivity contribution in [2.24, 2.45) is 0 Å². The molecule has 7 heteroatoms. The monoisotopic (exact) mass is 319 g/mol. The molecule has 3 aromatic heterocycles. The van der Waals surface area contributed by atoms with Crippen molar-refractivity contribution in [1.29, 1.82) is 5.26 Å². The van der Waals surface area contributed by atoms with E-state index >= 15 is 0 Å². The van der Waals surface area contributed by atoms with Crippen LogP contribution in [0.3, 0.4) is 0 Å². The van der Waals surface area contributed by atoms with Crippen LogP contribution in [-0.2, 0) is 0 Å². The number of nitrogens with zero attached hydrogens (tertiary/aromatic N) is 6. The number of aromatic nitrogens is 4. The number of rotatable bonds is 3. The molecule has 1 fully saturated rings. The lowest BCUT2D eigenvalue weighted by molar-refractivity contribution is 0.683. The van der Waals surface area contributed by atoms with Crippen LogP contribution in [0.5, 0.6) is 0 Å². The van der Waals surface area contributed by atoms with Crippen molar-refractivity contribution in [2.75, 3.05) is 29.9 Å². The van der Waals surface area contributed by atoms with Gasteiger partial charge in [0.25, 0.3) is 0 Å². The summed E-state index contributed by atoms with van der Waals surface area (Å²) in [5, 5.41) is 10.3. The third kappa shape index (κ3) is 2.33. The average molecular weight is 319 g/mol. The lowest BCUT2D eigenvalue weighted by Crippen LogP contribution is -2.35. The van der Waals surface area contributed by atoms with Gasteiger partial charge in [-0.2, -0.15) is 5.26 Å². The Morgan fingerprint density at radius 1 is 1.33 bits per heavy atom. The van der Waals surface area contributed by atoms with Crippen molar-refractivity contribution < 1.29 is 0 Å². The fourth-order valence-corrected chi connectivity index (χ4v) is 3.30. The first kappa shape index (κ1) is 14.5. The van der Waals surface area contributed by atoms with Crippen LogP contribution in [0.2, 0.25) is 0 Å². The van der Waals surface area contributed by atoms with Gasteiger partial charge in [-0.15, -0.1) is 0 Å². The van der Waals surface area contributed by atoms with Crippen LogP contribution in [0.4, 0.5) is 11.6 Å². The number of pyridine rings is 1. The Labute approximate surface area is 139 Å². The highest BCUT2D eigenvalue weighted by atomic mass is 15.3.